The molecule has 17 heteroatoms. The predicted octanol–water partition coefficient (Wildman–Crippen LogP) is 3.73. The minimum absolute atomic E-state index is 0.483. The molecule has 3 aromatic rings. The third-order valence-electron chi connectivity index (χ3n) is 4.62. The summed E-state index contributed by atoms with van der Waals surface area (Å²) in [5, 5.41) is 27.2. The van der Waals surface area contributed by atoms with E-state index in [-0.39, 0.29) is 0 Å². The van der Waals surface area contributed by atoms with Crippen LogP contribution in [0.5, 0.6) is 0 Å². The number of alkyl halides is 6. The summed E-state index contributed by atoms with van der Waals surface area (Å²) in [4.78, 5) is 24.3. The van der Waals surface area contributed by atoms with Gasteiger partial charge in [-0.3, -0.25) is 9.88 Å². The van der Waals surface area contributed by atoms with Crippen molar-refractivity contribution in [1.82, 2.24) is 24.9 Å². The summed E-state index contributed by atoms with van der Waals surface area (Å²) in [6.45, 7) is 4.76. The third-order valence-corrected chi connectivity index (χ3v) is 5.35. The zero-order valence-corrected chi connectivity index (χ0v) is 20.1. The zero-order valence-electron chi connectivity index (χ0n) is 19.3. The quantitative estimate of drug-likeness (QED) is 0.427. The second-order valence-corrected chi connectivity index (χ2v) is 8.29. The lowest BCUT2D eigenvalue weighted by molar-refractivity contribution is -0.193. The Kier molecular flexibility index (Phi) is 11.2. The molecule has 4 rings (SSSR count). The van der Waals surface area contributed by atoms with Crippen molar-refractivity contribution < 1.29 is 50.9 Å². The van der Waals surface area contributed by atoms with Crippen molar-refractivity contribution >= 4 is 23.3 Å². The van der Waals surface area contributed by atoms with Crippen molar-refractivity contribution in [3.05, 3.63) is 63.9 Å². The molecule has 1 aliphatic heterocycles. The Labute approximate surface area is 215 Å². The minimum Gasteiger partial charge on any atom is -0.475 e. The molecule has 1 aliphatic rings. The van der Waals surface area contributed by atoms with Crippen LogP contribution in [0.3, 0.4) is 0 Å². The normalized spacial score (nSPS) is 13.4. The van der Waals surface area contributed by atoms with Crippen LogP contribution in [0.4, 0.5) is 26.3 Å². The standard InChI is InChI=1S/C17H19N5OS.2C2HF3O2/c1-2-14(8-18-4-1)11-23-12-16-17-10-21(5-6-22(17)20-19-16)9-15-3-7-24-13-15;2*3-2(4,5)1(6)7/h1-4,7-8,13H,5-6,9-12H2;2*(H,6,7). The van der Waals surface area contributed by atoms with E-state index in [9.17, 15) is 26.3 Å². The highest BCUT2D eigenvalue weighted by molar-refractivity contribution is 7.07. The number of carboxylic acids is 2. The second kappa shape index (κ2) is 13.8. The largest absolute Gasteiger partial charge is 0.490 e. The Morgan fingerprint density at radius 2 is 1.66 bits per heavy atom. The Morgan fingerprint density at radius 3 is 2.18 bits per heavy atom. The van der Waals surface area contributed by atoms with Crippen molar-refractivity contribution in [3.8, 4) is 0 Å². The van der Waals surface area contributed by atoms with Gasteiger partial charge in [-0.05, 0) is 34.0 Å². The van der Waals surface area contributed by atoms with Crippen LogP contribution in [-0.2, 0) is 47.2 Å². The number of fused-ring (bicyclic) bond motifs is 1. The predicted molar refractivity (Wildman–Crippen MR) is 119 cm³/mol. The fourth-order valence-electron chi connectivity index (χ4n) is 2.89. The van der Waals surface area contributed by atoms with E-state index in [1.807, 2.05) is 23.0 Å². The smallest absolute Gasteiger partial charge is 0.475 e. The Morgan fingerprint density at radius 1 is 1.00 bits per heavy atom. The minimum atomic E-state index is -5.08. The molecule has 10 nitrogen and oxygen atoms in total. The van der Waals surface area contributed by atoms with E-state index in [1.165, 1.54) is 11.3 Å². The molecular weight excluding hydrogens is 548 g/mol. The Bertz CT molecular complexity index is 1130. The van der Waals surface area contributed by atoms with Crippen LogP contribution in [-0.4, -0.2) is 65.9 Å². The molecule has 208 valence electrons. The third kappa shape index (κ3) is 10.4. The van der Waals surface area contributed by atoms with E-state index in [2.05, 4.69) is 37.0 Å². The molecule has 3 aromatic heterocycles. The van der Waals surface area contributed by atoms with Crippen molar-refractivity contribution in [2.45, 2.75) is 45.2 Å². The maximum absolute atomic E-state index is 10.6. The number of nitrogens with zero attached hydrogens (tertiary/aromatic N) is 5. The lowest BCUT2D eigenvalue weighted by atomic mass is 10.2. The number of halogens is 6. The summed E-state index contributed by atoms with van der Waals surface area (Å²) in [6, 6.07) is 6.12. The van der Waals surface area contributed by atoms with Gasteiger partial charge < -0.3 is 14.9 Å². The number of rotatable bonds is 6. The number of aromatic nitrogens is 4. The summed E-state index contributed by atoms with van der Waals surface area (Å²) < 4.78 is 71.3. The van der Waals surface area contributed by atoms with Gasteiger partial charge in [-0.15, -0.1) is 5.10 Å². The van der Waals surface area contributed by atoms with Gasteiger partial charge in [0.1, 0.15) is 5.69 Å². The van der Waals surface area contributed by atoms with Gasteiger partial charge in [0.05, 0.1) is 25.5 Å². The number of ether oxygens (including phenoxy) is 1. The number of pyridine rings is 1. The van der Waals surface area contributed by atoms with Crippen LogP contribution in [0.15, 0.2) is 41.4 Å². The van der Waals surface area contributed by atoms with E-state index >= 15 is 0 Å². The van der Waals surface area contributed by atoms with E-state index in [1.54, 1.807) is 17.5 Å². The van der Waals surface area contributed by atoms with E-state index in [0.29, 0.717) is 13.2 Å². The highest BCUT2D eigenvalue weighted by Gasteiger charge is 2.38. The molecule has 4 heterocycles. The molecule has 0 bridgehead atoms. The summed E-state index contributed by atoms with van der Waals surface area (Å²) in [6.07, 6.45) is -6.58. The van der Waals surface area contributed by atoms with Gasteiger partial charge in [-0.2, -0.15) is 37.7 Å². The molecule has 0 unspecified atom stereocenters. The van der Waals surface area contributed by atoms with Crippen LogP contribution in [0.1, 0.15) is 22.5 Å². The lowest BCUT2D eigenvalue weighted by Crippen LogP contribution is -2.33. The SMILES string of the molecule is O=C(O)C(F)(F)F.O=C(O)C(F)(F)F.c1cncc(COCc2nnn3c2CN(Cc2ccsc2)CC3)c1. The first-order chi connectivity index (χ1) is 17.8. The van der Waals surface area contributed by atoms with Gasteiger partial charge in [-0.1, -0.05) is 11.3 Å². The van der Waals surface area contributed by atoms with E-state index in [0.717, 1.165) is 37.4 Å². The topological polar surface area (TPSA) is 131 Å². The number of carbonyl (C=O) groups is 2. The van der Waals surface area contributed by atoms with Gasteiger partial charge in [0.15, 0.2) is 0 Å². The molecule has 0 aromatic carbocycles. The molecule has 0 saturated heterocycles. The molecule has 0 radical (unpaired) electrons. The summed E-state index contributed by atoms with van der Waals surface area (Å²) in [7, 11) is 0. The summed E-state index contributed by atoms with van der Waals surface area (Å²) >= 11 is 1.75. The van der Waals surface area contributed by atoms with Gasteiger partial charge in [0.25, 0.3) is 0 Å². The van der Waals surface area contributed by atoms with E-state index < -0.39 is 24.3 Å². The van der Waals surface area contributed by atoms with Crippen LogP contribution in [0.25, 0.3) is 0 Å². The van der Waals surface area contributed by atoms with Gasteiger partial charge in [-0.25, -0.2) is 14.3 Å². The molecule has 0 amide bonds. The number of carboxylic acid groups (broad SMARTS) is 2. The number of hydrogen-bond acceptors (Lipinski definition) is 8. The zero-order chi connectivity index (χ0) is 28.3. The fraction of sp³-hybridized carbons (Fsp3) is 0.381. The van der Waals surface area contributed by atoms with Crippen molar-refractivity contribution in [2.75, 3.05) is 6.54 Å². The van der Waals surface area contributed by atoms with Crippen molar-refractivity contribution in [2.24, 2.45) is 0 Å². The first-order valence-electron chi connectivity index (χ1n) is 10.5. The maximum atomic E-state index is 10.6. The first-order valence-corrected chi connectivity index (χ1v) is 11.4. The van der Waals surface area contributed by atoms with Crippen molar-refractivity contribution in [1.29, 1.82) is 0 Å². The highest BCUT2D eigenvalue weighted by Crippen LogP contribution is 2.19. The number of thiophene rings is 1. The van der Waals surface area contributed by atoms with Crippen LogP contribution in [0, 0.1) is 0 Å². The Balaban J connectivity index is 0.000000301. The van der Waals surface area contributed by atoms with Crippen LogP contribution in [0.2, 0.25) is 0 Å². The average molecular weight is 569 g/mol. The van der Waals surface area contributed by atoms with Crippen LogP contribution < -0.4 is 0 Å². The van der Waals surface area contributed by atoms with Crippen molar-refractivity contribution in [3.63, 3.8) is 0 Å². The summed E-state index contributed by atoms with van der Waals surface area (Å²) in [5.41, 5.74) is 4.55. The molecule has 0 atom stereocenters. The average Bonchev–Trinajstić information content (AvgIpc) is 3.49. The molecule has 0 aliphatic carbocycles. The monoisotopic (exact) mass is 569 g/mol. The van der Waals surface area contributed by atoms with Gasteiger partial charge in [0.2, 0.25) is 0 Å². The molecular formula is C21H21F6N5O5S. The fourth-order valence-corrected chi connectivity index (χ4v) is 3.55. The lowest BCUT2D eigenvalue weighted by Gasteiger charge is -2.27. The van der Waals surface area contributed by atoms with Gasteiger partial charge >= 0.3 is 24.3 Å². The molecule has 38 heavy (non-hydrogen) atoms. The van der Waals surface area contributed by atoms with Gasteiger partial charge in [0, 0.05) is 32.0 Å². The van der Waals surface area contributed by atoms with E-state index in [4.69, 9.17) is 24.5 Å². The molecule has 0 saturated carbocycles. The maximum Gasteiger partial charge on any atom is 0.490 e. The molecule has 0 spiro atoms. The number of hydrogen-bond donors (Lipinski definition) is 2. The first kappa shape index (κ1) is 30.7. The highest BCUT2D eigenvalue weighted by atomic mass is 32.1. The summed E-state index contributed by atoms with van der Waals surface area (Å²) in [5.74, 6) is -5.51. The second-order valence-electron chi connectivity index (χ2n) is 7.51. The Hall–Kier alpha value is -3.57. The molecule has 2 N–H and O–H groups in total. The molecule has 0 fully saturated rings. The number of aliphatic carboxylic acids is 2. The van der Waals surface area contributed by atoms with Crippen LogP contribution >= 0.6 is 11.3 Å².